The molecule has 1 saturated heterocycles. The molecule has 102 valence electrons. The van der Waals surface area contributed by atoms with Crippen LogP contribution in [0.1, 0.15) is 38.5 Å². The van der Waals surface area contributed by atoms with Crippen LogP contribution in [-0.2, 0) is 14.3 Å². The number of amides is 1. The van der Waals surface area contributed by atoms with Crippen LogP contribution in [0.3, 0.4) is 0 Å². The first-order chi connectivity index (χ1) is 8.65. The molecule has 1 unspecified atom stereocenters. The molecular formula is C13H21NO4. The van der Waals surface area contributed by atoms with Gasteiger partial charge in [0.25, 0.3) is 0 Å². The van der Waals surface area contributed by atoms with Crippen molar-refractivity contribution in [2.75, 3.05) is 19.7 Å². The first kappa shape index (κ1) is 13.3. The fraction of sp³-hybridized carbons (Fsp3) is 0.846. The molecule has 18 heavy (non-hydrogen) atoms. The molecule has 1 atom stereocenters. The summed E-state index contributed by atoms with van der Waals surface area (Å²) in [4.78, 5) is 24.3. The average Bonchev–Trinajstić information content (AvgIpc) is 2.98. The quantitative estimate of drug-likeness (QED) is 0.744. The summed E-state index contributed by atoms with van der Waals surface area (Å²) in [7, 11) is 0. The highest BCUT2D eigenvalue weighted by Crippen LogP contribution is 2.30. The number of aliphatic carboxylic acids is 1. The zero-order chi connectivity index (χ0) is 13.0. The van der Waals surface area contributed by atoms with Gasteiger partial charge in [-0.1, -0.05) is 0 Å². The lowest BCUT2D eigenvalue weighted by molar-refractivity contribution is -0.144. The summed E-state index contributed by atoms with van der Waals surface area (Å²) in [5.41, 5.74) is 0. The number of nitrogens with zero attached hydrogens (tertiary/aromatic N) is 1. The number of hydrogen-bond donors (Lipinski definition) is 1. The Kier molecular flexibility index (Phi) is 4.58. The lowest BCUT2D eigenvalue weighted by Crippen LogP contribution is -2.37. The number of ether oxygens (including phenoxy) is 1. The lowest BCUT2D eigenvalue weighted by Gasteiger charge is -2.21. The lowest BCUT2D eigenvalue weighted by atomic mass is 10.1. The Labute approximate surface area is 107 Å². The molecule has 1 aliphatic heterocycles. The topological polar surface area (TPSA) is 66.8 Å². The Bertz CT molecular complexity index is 308. The van der Waals surface area contributed by atoms with Crippen LogP contribution in [0.4, 0.5) is 0 Å². The Morgan fingerprint density at radius 1 is 1.28 bits per heavy atom. The summed E-state index contributed by atoms with van der Waals surface area (Å²) in [6.07, 6.45) is 5.66. The number of rotatable bonds is 7. The van der Waals surface area contributed by atoms with E-state index in [4.69, 9.17) is 9.84 Å². The van der Waals surface area contributed by atoms with E-state index in [-0.39, 0.29) is 18.6 Å². The fourth-order valence-corrected chi connectivity index (χ4v) is 2.34. The van der Waals surface area contributed by atoms with Crippen LogP contribution in [-0.4, -0.2) is 47.7 Å². The predicted molar refractivity (Wildman–Crippen MR) is 65.1 cm³/mol. The summed E-state index contributed by atoms with van der Waals surface area (Å²) in [5.74, 6) is -0.447. The Balaban J connectivity index is 1.75. The maximum Gasteiger partial charge on any atom is 0.323 e. The molecule has 2 aliphatic rings. The van der Waals surface area contributed by atoms with Crippen LogP contribution < -0.4 is 0 Å². The maximum atomic E-state index is 12.0. The van der Waals surface area contributed by atoms with Crippen molar-refractivity contribution in [1.29, 1.82) is 0 Å². The molecule has 0 bridgehead atoms. The van der Waals surface area contributed by atoms with Crippen LogP contribution in [0.25, 0.3) is 0 Å². The van der Waals surface area contributed by atoms with E-state index in [0.29, 0.717) is 18.9 Å². The SMILES string of the molecule is O=C(O)CN(CC1CC1)C(=O)CCC1CCCO1. The highest BCUT2D eigenvalue weighted by Gasteiger charge is 2.28. The summed E-state index contributed by atoms with van der Waals surface area (Å²) in [6, 6.07) is 0. The van der Waals surface area contributed by atoms with Crippen molar-refractivity contribution in [3.05, 3.63) is 0 Å². The molecule has 0 radical (unpaired) electrons. The van der Waals surface area contributed by atoms with Crippen molar-refractivity contribution in [2.45, 2.75) is 44.6 Å². The smallest absolute Gasteiger partial charge is 0.323 e. The van der Waals surface area contributed by atoms with Crippen molar-refractivity contribution >= 4 is 11.9 Å². The molecule has 1 N–H and O–H groups in total. The van der Waals surface area contributed by atoms with Gasteiger partial charge in [-0.3, -0.25) is 9.59 Å². The molecule has 0 spiro atoms. The van der Waals surface area contributed by atoms with Crippen LogP contribution in [0, 0.1) is 5.92 Å². The van der Waals surface area contributed by atoms with Crippen molar-refractivity contribution in [3.63, 3.8) is 0 Å². The number of carboxylic acids is 1. The normalized spacial score (nSPS) is 23.0. The van der Waals surface area contributed by atoms with E-state index in [0.717, 1.165) is 38.7 Å². The van der Waals surface area contributed by atoms with Crippen molar-refractivity contribution in [2.24, 2.45) is 5.92 Å². The second-order valence-corrected chi connectivity index (χ2v) is 5.29. The second-order valence-electron chi connectivity index (χ2n) is 5.29. The highest BCUT2D eigenvalue weighted by molar-refractivity contribution is 5.81. The zero-order valence-corrected chi connectivity index (χ0v) is 10.6. The largest absolute Gasteiger partial charge is 0.480 e. The minimum absolute atomic E-state index is 0.0419. The molecular weight excluding hydrogens is 234 g/mol. The van der Waals surface area contributed by atoms with Gasteiger partial charge in [-0.2, -0.15) is 0 Å². The average molecular weight is 255 g/mol. The maximum absolute atomic E-state index is 12.0. The minimum atomic E-state index is -0.930. The third-order valence-electron chi connectivity index (χ3n) is 3.56. The van der Waals surface area contributed by atoms with Crippen molar-refractivity contribution < 1.29 is 19.4 Å². The Morgan fingerprint density at radius 3 is 2.61 bits per heavy atom. The van der Waals surface area contributed by atoms with Gasteiger partial charge in [0.15, 0.2) is 0 Å². The van der Waals surface area contributed by atoms with Gasteiger partial charge in [-0.05, 0) is 38.0 Å². The van der Waals surface area contributed by atoms with Crippen molar-refractivity contribution in [3.8, 4) is 0 Å². The van der Waals surface area contributed by atoms with Gasteiger partial charge in [0.2, 0.25) is 5.91 Å². The standard InChI is InChI=1S/C13H21NO4/c15-12(6-5-11-2-1-7-18-11)14(9-13(16)17)8-10-3-4-10/h10-11H,1-9H2,(H,16,17). The van der Waals surface area contributed by atoms with E-state index in [9.17, 15) is 9.59 Å². The van der Waals surface area contributed by atoms with Crippen LogP contribution in [0.5, 0.6) is 0 Å². The van der Waals surface area contributed by atoms with E-state index in [2.05, 4.69) is 0 Å². The predicted octanol–water partition coefficient (Wildman–Crippen LogP) is 1.27. The number of hydrogen-bond acceptors (Lipinski definition) is 3. The molecule has 5 nitrogen and oxygen atoms in total. The van der Waals surface area contributed by atoms with E-state index >= 15 is 0 Å². The molecule has 0 aromatic rings. The van der Waals surface area contributed by atoms with Crippen LogP contribution in [0.15, 0.2) is 0 Å². The first-order valence-electron chi connectivity index (χ1n) is 6.76. The summed E-state index contributed by atoms with van der Waals surface area (Å²) in [5, 5.41) is 8.83. The number of carbonyl (C=O) groups is 2. The van der Waals surface area contributed by atoms with E-state index < -0.39 is 5.97 Å². The Hall–Kier alpha value is -1.10. The van der Waals surface area contributed by atoms with Gasteiger partial charge in [0.1, 0.15) is 6.54 Å². The molecule has 1 aliphatic carbocycles. The van der Waals surface area contributed by atoms with Crippen molar-refractivity contribution in [1.82, 2.24) is 4.90 Å². The van der Waals surface area contributed by atoms with Crippen LogP contribution >= 0.6 is 0 Å². The summed E-state index contributed by atoms with van der Waals surface area (Å²) in [6.45, 7) is 1.23. The third kappa shape index (κ3) is 4.29. The van der Waals surface area contributed by atoms with Gasteiger partial charge >= 0.3 is 5.97 Å². The molecule has 1 saturated carbocycles. The van der Waals surface area contributed by atoms with Crippen LogP contribution in [0.2, 0.25) is 0 Å². The molecule has 2 fully saturated rings. The van der Waals surface area contributed by atoms with Gasteiger partial charge in [0, 0.05) is 19.6 Å². The van der Waals surface area contributed by atoms with E-state index in [1.165, 1.54) is 4.90 Å². The fourth-order valence-electron chi connectivity index (χ4n) is 2.34. The first-order valence-corrected chi connectivity index (χ1v) is 6.76. The van der Waals surface area contributed by atoms with E-state index in [1.54, 1.807) is 0 Å². The van der Waals surface area contributed by atoms with Gasteiger partial charge in [-0.25, -0.2) is 0 Å². The third-order valence-corrected chi connectivity index (χ3v) is 3.56. The summed E-state index contributed by atoms with van der Waals surface area (Å²) < 4.78 is 5.47. The molecule has 1 heterocycles. The zero-order valence-electron chi connectivity index (χ0n) is 10.6. The minimum Gasteiger partial charge on any atom is -0.480 e. The van der Waals surface area contributed by atoms with Gasteiger partial charge in [-0.15, -0.1) is 0 Å². The van der Waals surface area contributed by atoms with E-state index in [1.807, 2.05) is 0 Å². The van der Waals surface area contributed by atoms with Gasteiger partial charge < -0.3 is 14.7 Å². The highest BCUT2D eigenvalue weighted by atomic mass is 16.5. The molecule has 5 heteroatoms. The Morgan fingerprint density at radius 2 is 2.06 bits per heavy atom. The monoisotopic (exact) mass is 255 g/mol. The molecule has 0 aromatic heterocycles. The summed E-state index contributed by atoms with van der Waals surface area (Å²) >= 11 is 0. The molecule has 0 aromatic carbocycles. The molecule has 2 rings (SSSR count). The second kappa shape index (κ2) is 6.18. The number of carboxylic acid groups (broad SMARTS) is 1. The molecule has 1 amide bonds. The van der Waals surface area contributed by atoms with Gasteiger partial charge in [0.05, 0.1) is 6.10 Å². The number of carbonyl (C=O) groups excluding carboxylic acids is 1.